The Morgan fingerprint density at radius 1 is 0.812 bits per heavy atom. The van der Waals surface area contributed by atoms with E-state index in [-0.39, 0.29) is 0 Å². The van der Waals surface area contributed by atoms with Gasteiger partial charge in [0.25, 0.3) is 0 Å². The molecule has 4 aromatic rings. The van der Waals surface area contributed by atoms with Gasteiger partial charge in [-0.1, -0.05) is 37.0 Å². The number of benzene rings is 2. The molecule has 0 aliphatic heterocycles. The van der Waals surface area contributed by atoms with Crippen LogP contribution in [0.5, 0.6) is 0 Å². The molecule has 8 nitrogen and oxygen atoms in total. The molecule has 2 aromatic carbocycles. The zero-order valence-corrected chi connectivity index (χ0v) is 21.3. The molecule has 4 rings (SSSR count). The summed E-state index contributed by atoms with van der Waals surface area (Å²) in [6.45, 7) is 7.87. The van der Waals surface area contributed by atoms with E-state index in [1.165, 1.54) is 0 Å². The number of hydrogen-bond acceptors (Lipinski definition) is 4. The van der Waals surface area contributed by atoms with E-state index in [0.29, 0.717) is 5.69 Å². The van der Waals surface area contributed by atoms with Gasteiger partial charge in [-0.05, 0) is 81.8 Å². The minimum atomic E-state index is 0.549. The fourth-order valence-electron chi connectivity index (χ4n) is 3.27. The molecular weight excluding hydrogens is 536 g/mol. The van der Waals surface area contributed by atoms with Gasteiger partial charge < -0.3 is 5.73 Å². The normalized spacial score (nSPS) is 10.3. The third-order valence-corrected chi connectivity index (χ3v) is 5.54. The molecule has 0 unspecified atom stereocenters. The SMILES string of the molecule is Cc1cc(C)n(-c2ccc(Br)cc2N)n1.Cc1cc(C)n(-c2ccc(Br)cc2N=[N+]=[N-])n1. The number of nitrogen functional groups attached to an aromatic ring is 1. The topological polar surface area (TPSA) is 110 Å². The van der Waals surface area contributed by atoms with Crippen molar-refractivity contribution in [1.82, 2.24) is 19.6 Å². The third kappa shape index (κ3) is 5.40. The maximum atomic E-state index is 8.57. The molecule has 0 amide bonds. The van der Waals surface area contributed by atoms with Gasteiger partial charge >= 0.3 is 0 Å². The number of halogens is 2. The molecule has 2 N–H and O–H groups in total. The fraction of sp³-hybridized carbons (Fsp3) is 0.182. The van der Waals surface area contributed by atoms with Gasteiger partial charge in [0, 0.05) is 25.2 Å². The number of nitrogens with zero attached hydrogens (tertiary/aromatic N) is 7. The first-order valence-electron chi connectivity index (χ1n) is 9.66. The van der Waals surface area contributed by atoms with E-state index in [1.54, 1.807) is 10.7 Å². The van der Waals surface area contributed by atoms with E-state index in [0.717, 1.165) is 48.8 Å². The highest BCUT2D eigenvalue weighted by Gasteiger charge is 2.09. The molecule has 0 aliphatic carbocycles. The molecule has 0 atom stereocenters. The lowest BCUT2D eigenvalue weighted by molar-refractivity contribution is 0.833. The summed E-state index contributed by atoms with van der Waals surface area (Å²) < 4.78 is 5.47. The lowest BCUT2D eigenvalue weighted by atomic mass is 10.2. The van der Waals surface area contributed by atoms with E-state index in [1.807, 2.05) is 74.8 Å². The lowest BCUT2D eigenvalue weighted by Gasteiger charge is -2.07. The standard InChI is InChI=1S/C11H10BrN5.C11H12BrN3/c1-7-5-8(2)17(15-7)11-4-3-9(12)6-10(11)14-16-13;1-7-5-8(2)15(14-7)11-4-3-9(12)6-10(11)13/h3-6H,1-2H3;3-6H,13H2,1-2H3. The monoisotopic (exact) mass is 556 g/mol. The van der Waals surface area contributed by atoms with Crippen molar-refractivity contribution in [2.24, 2.45) is 5.11 Å². The second-order valence-electron chi connectivity index (χ2n) is 7.20. The van der Waals surface area contributed by atoms with Crippen LogP contribution in [-0.2, 0) is 0 Å². The van der Waals surface area contributed by atoms with Crippen LogP contribution >= 0.6 is 31.9 Å². The molecule has 0 saturated carbocycles. The maximum Gasteiger partial charge on any atom is 0.0878 e. The van der Waals surface area contributed by atoms with Crippen molar-refractivity contribution >= 4 is 43.2 Å². The largest absolute Gasteiger partial charge is 0.397 e. The number of hydrogen-bond donors (Lipinski definition) is 1. The zero-order valence-electron chi connectivity index (χ0n) is 18.1. The maximum absolute atomic E-state index is 8.57. The third-order valence-electron chi connectivity index (χ3n) is 4.56. The molecule has 0 radical (unpaired) electrons. The van der Waals surface area contributed by atoms with Crippen molar-refractivity contribution in [3.63, 3.8) is 0 Å². The summed E-state index contributed by atoms with van der Waals surface area (Å²) in [5, 5.41) is 12.4. The Balaban J connectivity index is 0.000000182. The first-order chi connectivity index (χ1) is 15.2. The number of aryl methyl sites for hydroxylation is 4. The highest BCUT2D eigenvalue weighted by Crippen LogP contribution is 2.28. The van der Waals surface area contributed by atoms with Crippen LogP contribution in [0.3, 0.4) is 0 Å². The quantitative estimate of drug-likeness (QED) is 0.126. The molecular formula is C22H22Br2N8. The van der Waals surface area contributed by atoms with E-state index < -0.39 is 0 Å². The molecule has 0 bridgehead atoms. The Bertz CT molecular complexity index is 1320. The summed E-state index contributed by atoms with van der Waals surface area (Å²) >= 11 is 6.73. The summed E-state index contributed by atoms with van der Waals surface area (Å²) in [5.41, 5.74) is 21.5. The van der Waals surface area contributed by atoms with Crippen molar-refractivity contribution in [1.29, 1.82) is 0 Å². The highest BCUT2D eigenvalue weighted by atomic mass is 79.9. The first kappa shape index (κ1) is 23.6. The Kier molecular flexibility index (Phi) is 7.40. The van der Waals surface area contributed by atoms with E-state index in [9.17, 15) is 0 Å². The lowest BCUT2D eigenvalue weighted by Crippen LogP contribution is -2.03. The smallest absolute Gasteiger partial charge is 0.0878 e. The summed E-state index contributed by atoms with van der Waals surface area (Å²) in [7, 11) is 0. The first-order valence-corrected chi connectivity index (χ1v) is 11.2. The van der Waals surface area contributed by atoms with Crippen LogP contribution < -0.4 is 5.73 Å². The molecule has 0 spiro atoms. The van der Waals surface area contributed by atoms with E-state index in [4.69, 9.17) is 11.3 Å². The van der Waals surface area contributed by atoms with Crippen molar-refractivity contribution in [3.8, 4) is 11.4 Å². The van der Waals surface area contributed by atoms with Gasteiger partial charge in [-0.3, -0.25) is 0 Å². The van der Waals surface area contributed by atoms with Gasteiger partial charge in [0.1, 0.15) is 0 Å². The van der Waals surface area contributed by atoms with Gasteiger partial charge in [0.15, 0.2) is 0 Å². The average molecular weight is 558 g/mol. The van der Waals surface area contributed by atoms with Crippen LogP contribution in [0.15, 0.2) is 62.6 Å². The van der Waals surface area contributed by atoms with Crippen LogP contribution in [0.1, 0.15) is 22.8 Å². The number of azide groups is 1. The molecule has 164 valence electrons. The van der Waals surface area contributed by atoms with E-state index >= 15 is 0 Å². The predicted molar refractivity (Wildman–Crippen MR) is 135 cm³/mol. The van der Waals surface area contributed by atoms with Gasteiger partial charge in [-0.15, -0.1) is 0 Å². The van der Waals surface area contributed by atoms with Gasteiger partial charge in [0.2, 0.25) is 0 Å². The molecule has 0 aliphatic rings. The number of nitrogens with two attached hydrogens (primary N) is 1. The zero-order chi connectivity index (χ0) is 23.4. The molecule has 0 fully saturated rings. The van der Waals surface area contributed by atoms with Crippen LogP contribution in [0.25, 0.3) is 21.8 Å². The summed E-state index contributed by atoms with van der Waals surface area (Å²) in [5.74, 6) is 0. The van der Waals surface area contributed by atoms with Gasteiger partial charge in [0.05, 0.1) is 34.1 Å². The number of rotatable bonds is 3. The molecule has 32 heavy (non-hydrogen) atoms. The predicted octanol–water partition coefficient (Wildman–Crippen LogP) is 7.03. The molecule has 10 heteroatoms. The van der Waals surface area contributed by atoms with Crippen LogP contribution in [0.4, 0.5) is 11.4 Å². The molecule has 0 saturated heterocycles. The van der Waals surface area contributed by atoms with Crippen LogP contribution in [0.2, 0.25) is 0 Å². The Labute approximate surface area is 202 Å². The Morgan fingerprint density at radius 3 is 1.78 bits per heavy atom. The van der Waals surface area contributed by atoms with Crippen molar-refractivity contribution in [3.05, 3.63) is 90.7 Å². The highest BCUT2D eigenvalue weighted by molar-refractivity contribution is 9.10. The van der Waals surface area contributed by atoms with Crippen LogP contribution in [0, 0.1) is 27.7 Å². The van der Waals surface area contributed by atoms with Crippen LogP contribution in [-0.4, -0.2) is 19.6 Å². The van der Waals surface area contributed by atoms with Crippen molar-refractivity contribution in [2.75, 3.05) is 5.73 Å². The second-order valence-corrected chi connectivity index (χ2v) is 9.03. The number of anilines is 1. The Morgan fingerprint density at radius 2 is 1.31 bits per heavy atom. The molecule has 2 aromatic heterocycles. The molecule has 2 heterocycles. The average Bonchev–Trinajstić information content (AvgIpc) is 3.22. The summed E-state index contributed by atoms with van der Waals surface area (Å²) in [6.07, 6.45) is 0. The summed E-state index contributed by atoms with van der Waals surface area (Å²) in [4.78, 5) is 2.83. The van der Waals surface area contributed by atoms with E-state index in [2.05, 4.69) is 52.1 Å². The van der Waals surface area contributed by atoms with Crippen molar-refractivity contribution in [2.45, 2.75) is 27.7 Å². The minimum Gasteiger partial charge on any atom is -0.397 e. The second kappa shape index (κ2) is 10.0. The van der Waals surface area contributed by atoms with Crippen molar-refractivity contribution < 1.29 is 0 Å². The summed E-state index contributed by atoms with van der Waals surface area (Å²) in [6, 6.07) is 15.3. The minimum absolute atomic E-state index is 0.549. The van der Waals surface area contributed by atoms with Gasteiger partial charge in [-0.25, -0.2) is 9.36 Å². The Hall–Kier alpha value is -3.07. The number of aromatic nitrogens is 4. The fourth-order valence-corrected chi connectivity index (χ4v) is 4.00. The van der Waals surface area contributed by atoms with Gasteiger partial charge in [-0.2, -0.15) is 10.2 Å².